The van der Waals surface area contributed by atoms with Gasteiger partial charge in [0.15, 0.2) is 0 Å². The number of likely N-dealkylation sites (tertiary alicyclic amines) is 1. The van der Waals surface area contributed by atoms with Crippen LogP contribution in [0, 0.1) is 0 Å². The number of rotatable bonds is 3. The fraction of sp³-hybridized carbons (Fsp3) is 0.706. The van der Waals surface area contributed by atoms with Gasteiger partial charge in [-0.1, -0.05) is 0 Å². The predicted octanol–water partition coefficient (Wildman–Crippen LogP) is 3.67. The summed E-state index contributed by atoms with van der Waals surface area (Å²) in [6, 6.07) is 4.47. The third kappa shape index (κ3) is 4.26. The van der Waals surface area contributed by atoms with Crippen LogP contribution < -0.4 is 0 Å². The molecule has 5 nitrogen and oxygen atoms in total. The Morgan fingerprint density at radius 3 is 2.55 bits per heavy atom. The van der Waals surface area contributed by atoms with E-state index in [2.05, 4.69) is 11.8 Å². The molecule has 0 radical (unpaired) electrons. The fourth-order valence-corrected chi connectivity index (χ4v) is 2.85. The third-order valence-electron chi connectivity index (χ3n) is 4.23. The van der Waals surface area contributed by atoms with Gasteiger partial charge in [0.25, 0.3) is 0 Å². The predicted molar refractivity (Wildman–Crippen MR) is 85.7 cm³/mol. The Morgan fingerprint density at radius 2 is 2.05 bits per heavy atom. The Hall–Kier alpha value is -1.49. The molecule has 1 aliphatic rings. The normalized spacial score (nSPS) is 19.0. The van der Waals surface area contributed by atoms with E-state index in [1.54, 1.807) is 11.2 Å². The Labute approximate surface area is 133 Å². The molecule has 1 fully saturated rings. The lowest BCUT2D eigenvalue weighted by Gasteiger charge is -2.39. The van der Waals surface area contributed by atoms with Crippen LogP contribution in [0.1, 0.15) is 52.3 Å². The molecule has 2 heterocycles. The van der Waals surface area contributed by atoms with Gasteiger partial charge in [-0.3, -0.25) is 4.90 Å². The van der Waals surface area contributed by atoms with E-state index < -0.39 is 5.60 Å². The molecule has 2 rings (SSSR count). The van der Waals surface area contributed by atoms with E-state index in [4.69, 9.17) is 9.15 Å². The van der Waals surface area contributed by atoms with Crippen molar-refractivity contribution in [1.82, 2.24) is 9.80 Å². The molecule has 1 unspecified atom stereocenters. The number of carbonyl (C=O) groups is 1. The molecule has 1 aliphatic heterocycles. The van der Waals surface area contributed by atoms with E-state index in [1.165, 1.54) is 0 Å². The molecule has 1 amide bonds. The summed E-state index contributed by atoms with van der Waals surface area (Å²) in [5, 5.41) is 0. The van der Waals surface area contributed by atoms with Gasteiger partial charge in [-0.25, -0.2) is 4.79 Å². The van der Waals surface area contributed by atoms with Crippen LogP contribution in [-0.4, -0.2) is 47.7 Å². The van der Waals surface area contributed by atoms with Crippen LogP contribution in [0.15, 0.2) is 22.8 Å². The second kappa shape index (κ2) is 6.73. The molecule has 0 saturated carbocycles. The van der Waals surface area contributed by atoms with E-state index in [0.29, 0.717) is 0 Å². The molecule has 124 valence electrons. The van der Waals surface area contributed by atoms with Crippen molar-refractivity contribution in [3.63, 3.8) is 0 Å². The van der Waals surface area contributed by atoms with Gasteiger partial charge in [0.1, 0.15) is 11.4 Å². The highest BCUT2D eigenvalue weighted by Gasteiger charge is 2.30. The van der Waals surface area contributed by atoms with Crippen molar-refractivity contribution < 1.29 is 13.9 Å². The van der Waals surface area contributed by atoms with Crippen molar-refractivity contribution in [2.45, 2.75) is 58.2 Å². The van der Waals surface area contributed by atoms with Crippen molar-refractivity contribution in [3.8, 4) is 0 Å². The maximum atomic E-state index is 12.1. The molecule has 5 heteroatoms. The van der Waals surface area contributed by atoms with Gasteiger partial charge in [0.2, 0.25) is 0 Å². The lowest BCUT2D eigenvalue weighted by Crippen LogP contribution is -2.47. The maximum absolute atomic E-state index is 12.1. The number of hydrogen-bond donors (Lipinski definition) is 0. The number of ether oxygens (including phenoxy) is 1. The lowest BCUT2D eigenvalue weighted by molar-refractivity contribution is 0.0128. The third-order valence-corrected chi connectivity index (χ3v) is 4.23. The van der Waals surface area contributed by atoms with Gasteiger partial charge in [-0.15, -0.1) is 0 Å². The molecule has 0 aliphatic carbocycles. The van der Waals surface area contributed by atoms with Crippen molar-refractivity contribution in [2.75, 3.05) is 20.1 Å². The summed E-state index contributed by atoms with van der Waals surface area (Å²) in [5.74, 6) is 0.999. The van der Waals surface area contributed by atoms with E-state index in [1.807, 2.05) is 40.0 Å². The first-order valence-electron chi connectivity index (χ1n) is 8.01. The highest BCUT2D eigenvalue weighted by Crippen LogP contribution is 2.26. The number of furan rings is 1. The minimum absolute atomic E-state index is 0.231. The summed E-state index contributed by atoms with van der Waals surface area (Å²) in [4.78, 5) is 16.3. The Morgan fingerprint density at radius 1 is 1.41 bits per heavy atom. The molecular formula is C17H28N2O3. The van der Waals surface area contributed by atoms with Crippen molar-refractivity contribution >= 4 is 6.09 Å². The average molecular weight is 308 g/mol. The summed E-state index contributed by atoms with van der Waals surface area (Å²) in [7, 11) is 1.84. The lowest BCUT2D eigenvalue weighted by atomic mass is 10.0. The number of nitrogens with zero attached hydrogens (tertiary/aromatic N) is 2. The van der Waals surface area contributed by atoms with Crippen LogP contribution in [0.2, 0.25) is 0 Å². The van der Waals surface area contributed by atoms with Crippen LogP contribution >= 0.6 is 0 Å². The zero-order valence-electron chi connectivity index (χ0n) is 14.3. The molecule has 0 N–H and O–H groups in total. The molecule has 0 spiro atoms. The highest BCUT2D eigenvalue weighted by atomic mass is 16.6. The number of hydrogen-bond acceptors (Lipinski definition) is 4. The van der Waals surface area contributed by atoms with Crippen LogP contribution in [0.25, 0.3) is 0 Å². The number of amides is 1. The molecule has 0 bridgehead atoms. The first kappa shape index (κ1) is 16.9. The topological polar surface area (TPSA) is 45.9 Å². The minimum Gasteiger partial charge on any atom is -0.468 e. The van der Waals surface area contributed by atoms with E-state index in [9.17, 15) is 4.79 Å². The van der Waals surface area contributed by atoms with Crippen LogP contribution in [0.5, 0.6) is 0 Å². The molecular weight excluding hydrogens is 280 g/mol. The minimum atomic E-state index is -0.445. The van der Waals surface area contributed by atoms with Crippen molar-refractivity contribution in [2.24, 2.45) is 0 Å². The monoisotopic (exact) mass is 308 g/mol. The first-order valence-corrected chi connectivity index (χ1v) is 8.01. The van der Waals surface area contributed by atoms with Gasteiger partial charge in [0, 0.05) is 26.2 Å². The number of piperidine rings is 1. The van der Waals surface area contributed by atoms with Gasteiger partial charge in [0.05, 0.1) is 12.3 Å². The maximum Gasteiger partial charge on any atom is 0.410 e. The molecule has 0 aromatic carbocycles. The van der Waals surface area contributed by atoms with Crippen LogP contribution in [-0.2, 0) is 4.74 Å². The summed E-state index contributed by atoms with van der Waals surface area (Å²) in [5.41, 5.74) is -0.445. The Bertz CT molecular complexity index is 471. The SMILES string of the molecule is CC(c1ccco1)N1CCC(N(C)C(=O)OC(C)(C)C)CC1. The standard InChI is InChI=1S/C17H28N2O3/c1-13(15-7-6-12-21-15)19-10-8-14(9-11-19)18(5)16(20)22-17(2,3)4/h6-7,12-14H,8-11H2,1-5H3. The summed E-state index contributed by atoms with van der Waals surface area (Å²) in [6.45, 7) is 9.77. The number of carbonyl (C=O) groups excluding carboxylic acids is 1. The highest BCUT2D eigenvalue weighted by molar-refractivity contribution is 5.68. The van der Waals surface area contributed by atoms with Crippen LogP contribution in [0.3, 0.4) is 0 Å². The second-order valence-electron chi connectivity index (χ2n) is 7.05. The summed E-state index contributed by atoms with van der Waals surface area (Å²) >= 11 is 0. The van der Waals surface area contributed by atoms with Crippen molar-refractivity contribution in [3.05, 3.63) is 24.2 Å². The van der Waals surface area contributed by atoms with Gasteiger partial charge >= 0.3 is 6.09 Å². The largest absolute Gasteiger partial charge is 0.468 e. The van der Waals surface area contributed by atoms with Crippen LogP contribution in [0.4, 0.5) is 4.79 Å². The average Bonchev–Trinajstić information content (AvgIpc) is 2.98. The van der Waals surface area contributed by atoms with Gasteiger partial charge in [-0.05, 0) is 52.7 Å². The van der Waals surface area contributed by atoms with E-state index in [-0.39, 0.29) is 18.2 Å². The molecule has 1 atom stereocenters. The van der Waals surface area contributed by atoms with Gasteiger partial charge < -0.3 is 14.1 Å². The first-order chi connectivity index (χ1) is 10.3. The summed E-state index contributed by atoms with van der Waals surface area (Å²) < 4.78 is 10.9. The van der Waals surface area contributed by atoms with E-state index in [0.717, 1.165) is 31.7 Å². The quantitative estimate of drug-likeness (QED) is 0.854. The zero-order valence-corrected chi connectivity index (χ0v) is 14.3. The fourth-order valence-electron chi connectivity index (χ4n) is 2.85. The molecule has 1 aromatic heterocycles. The summed E-state index contributed by atoms with van der Waals surface area (Å²) in [6.07, 6.45) is 3.40. The van der Waals surface area contributed by atoms with Gasteiger partial charge in [-0.2, -0.15) is 0 Å². The Balaban J connectivity index is 1.85. The zero-order chi connectivity index (χ0) is 16.3. The molecule has 1 aromatic rings. The smallest absolute Gasteiger partial charge is 0.410 e. The second-order valence-corrected chi connectivity index (χ2v) is 7.05. The van der Waals surface area contributed by atoms with E-state index >= 15 is 0 Å². The van der Waals surface area contributed by atoms with Crippen molar-refractivity contribution in [1.29, 1.82) is 0 Å². The molecule has 1 saturated heterocycles. The Kier molecular flexibility index (Phi) is 5.16. The molecule has 22 heavy (non-hydrogen) atoms.